The van der Waals surface area contributed by atoms with Crippen molar-refractivity contribution in [2.24, 2.45) is 11.8 Å². The maximum Gasteiger partial charge on any atom is 0.0669 e. The van der Waals surface area contributed by atoms with Crippen molar-refractivity contribution in [2.75, 3.05) is 0 Å². The molecule has 206 valence electrons. The van der Waals surface area contributed by atoms with Crippen molar-refractivity contribution in [1.29, 1.82) is 0 Å². The van der Waals surface area contributed by atoms with Crippen molar-refractivity contribution in [1.82, 2.24) is 9.38 Å². The van der Waals surface area contributed by atoms with E-state index in [9.17, 15) is 0 Å². The molecule has 5 aromatic rings. The van der Waals surface area contributed by atoms with Gasteiger partial charge in [-0.3, -0.25) is 4.98 Å². The van der Waals surface area contributed by atoms with Gasteiger partial charge in [-0.1, -0.05) is 71.2 Å². The predicted molar refractivity (Wildman–Crippen MR) is 161 cm³/mol. The van der Waals surface area contributed by atoms with Crippen LogP contribution in [-0.4, -0.2) is 9.38 Å². The number of imidazole rings is 1. The van der Waals surface area contributed by atoms with Crippen molar-refractivity contribution in [3.05, 3.63) is 90.0 Å². The van der Waals surface area contributed by atoms with Crippen LogP contribution in [0.5, 0.6) is 0 Å². The Balaban J connectivity index is 0.00000178. The molecule has 0 bridgehead atoms. The summed E-state index contributed by atoms with van der Waals surface area (Å²) in [5.74, 6) is 1.22. The number of aromatic nitrogens is 2. The average Bonchev–Trinajstić information content (AvgIpc) is 3.20. The molecule has 0 atom stereocenters. The van der Waals surface area contributed by atoms with Gasteiger partial charge >= 0.3 is 0 Å². The number of rotatable bonds is 7. The van der Waals surface area contributed by atoms with Crippen molar-refractivity contribution >= 4 is 27.3 Å². The zero-order valence-electron chi connectivity index (χ0n) is 24.9. The molecular weight excluding hydrogens is 730 g/mol. The number of nitrogens with zero attached hydrogens (tertiary/aromatic N) is 2. The summed E-state index contributed by atoms with van der Waals surface area (Å²) in [6.07, 6.45) is 4.20. The third kappa shape index (κ3) is 6.28. The zero-order chi connectivity index (χ0) is 25.6. The number of pyridine rings is 1. The van der Waals surface area contributed by atoms with Crippen LogP contribution in [0.15, 0.2) is 48.5 Å². The molecule has 0 aliphatic rings. The molecule has 2 radical (unpaired) electrons. The first-order chi connectivity index (χ1) is 17.3. The van der Waals surface area contributed by atoms with Gasteiger partial charge in [-0.25, -0.2) is 0 Å². The molecule has 39 heavy (non-hydrogen) atoms. The van der Waals surface area contributed by atoms with Crippen LogP contribution in [0, 0.1) is 32.3 Å². The monoisotopic (exact) mass is 772 g/mol. The Labute approximate surface area is 274 Å². The van der Waals surface area contributed by atoms with Gasteiger partial charge in [-0.2, -0.15) is 0 Å². The standard InChI is InChI=1S/C34H39N2.CH3.Ir.Y/c1-8-24-13-12-14-25(9-2)32(24)33-23(7)35-34-29-16-11-10-15-28(29)30-19-26(17-21(3)4)27(18-22(5)6)20-31(30)36(33)34;;;/h10-15,19-22H,8-9,17-18H2,1-7H3;1H3;;/q2*-1;;. The molecule has 4 heteroatoms. The van der Waals surface area contributed by atoms with E-state index in [4.69, 9.17) is 4.98 Å². The summed E-state index contributed by atoms with van der Waals surface area (Å²) < 4.78 is 2.46. The Morgan fingerprint density at radius 2 is 1.41 bits per heavy atom. The summed E-state index contributed by atoms with van der Waals surface area (Å²) in [7, 11) is 0. The first-order valence-electron chi connectivity index (χ1n) is 13.7. The average molecular weight is 772 g/mol. The number of hydrogen-bond acceptors (Lipinski definition) is 1. The largest absolute Gasteiger partial charge is 0.358 e. The molecular formula is C35H42IrN2Y-2. The van der Waals surface area contributed by atoms with E-state index >= 15 is 0 Å². The van der Waals surface area contributed by atoms with Gasteiger partial charge < -0.3 is 11.8 Å². The third-order valence-electron chi connectivity index (χ3n) is 7.47. The van der Waals surface area contributed by atoms with E-state index < -0.39 is 0 Å². The second-order valence-corrected chi connectivity index (χ2v) is 11.2. The molecule has 0 aliphatic carbocycles. The molecule has 2 aromatic heterocycles. The summed E-state index contributed by atoms with van der Waals surface area (Å²) >= 11 is 0. The van der Waals surface area contributed by atoms with E-state index in [0.29, 0.717) is 11.8 Å². The number of hydrogen-bond donors (Lipinski definition) is 0. The van der Waals surface area contributed by atoms with Crippen LogP contribution in [0.2, 0.25) is 0 Å². The Morgan fingerprint density at radius 3 is 1.97 bits per heavy atom. The van der Waals surface area contributed by atoms with E-state index in [1.54, 1.807) is 0 Å². The number of fused-ring (bicyclic) bond motifs is 6. The molecule has 0 saturated heterocycles. The van der Waals surface area contributed by atoms with Crippen molar-refractivity contribution in [3.8, 4) is 11.3 Å². The van der Waals surface area contributed by atoms with Gasteiger partial charge in [0, 0.05) is 63.9 Å². The Morgan fingerprint density at radius 1 is 0.821 bits per heavy atom. The maximum atomic E-state index is 5.21. The van der Waals surface area contributed by atoms with Gasteiger partial charge in [0.15, 0.2) is 0 Å². The quantitative estimate of drug-likeness (QED) is 0.119. The molecule has 2 nitrogen and oxygen atoms in total. The van der Waals surface area contributed by atoms with Crippen molar-refractivity contribution in [2.45, 2.75) is 74.1 Å². The van der Waals surface area contributed by atoms with E-state index in [-0.39, 0.29) is 60.2 Å². The molecule has 2 heterocycles. The second kappa shape index (κ2) is 14.0. The molecule has 0 saturated carbocycles. The van der Waals surface area contributed by atoms with Crippen LogP contribution >= 0.6 is 0 Å². The number of benzene rings is 3. The SMILES string of the molecule is CCc1cccc(CC)c1-c1c(C)nc2c3[c-]cccc3c3cc(CC(C)C)c(CC(C)C)cc3n12.[CH3-].[Ir].[Y]. The van der Waals surface area contributed by atoms with Crippen LogP contribution in [0.1, 0.15) is 69.5 Å². The summed E-state index contributed by atoms with van der Waals surface area (Å²) in [5.41, 5.74) is 11.7. The molecule has 5 rings (SSSR count). The van der Waals surface area contributed by atoms with Crippen LogP contribution in [-0.2, 0) is 78.5 Å². The van der Waals surface area contributed by atoms with Gasteiger partial charge in [0.05, 0.1) is 17.0 Å². The molecule has 0 unspecified atom stereocenters. The van der Waals surface area contributed by atoms with Gasteiger partial charge in [0.1, 0.15) is 0 Å². The van der Waals surface area contributed by atoms with E-state index in [1.165, 1.54) is 49.8 Å². The summed E-state index contributed by atoms with van der Waals surface area (Å²) in [6, 6.07) is 21.7. The summed E-state index contributed by atoms with van der Waals surface area (Å²) in [6.45, 7) is 16.0. The van der Waals surface area contributed by atoms with Crippen molar-refractivity contribution < 1.29 is 52.8 Å². The van der Waals surface area contributed by atoms with Gasteiger partial charge in [0.2, 0.25) is 0 Å². The summed E-state index contributed by atoms with van der Waals surface area (Å²) in [5, 5.41) is 3.67. The minimum absolute atomic E-state index is 0. The molecule has 0 amide bonds. The van der Waals surface area contributed by atoms with E-state index in [2.05, 4.69) is 101 Å². The topological polar surface area (TPSA) is 17.3 Å². The van der Waals surface area contributed by atoms with Gasteiger partial charge in [0.25, 0.3) is 0 Å². The normalized spacial score (nSPS) is 11.2. The minimum atomic E-state index is 0. The van der Waals surface area contributed by atoms with Gasteiger partial charge in [-0.05, 0) is 78.1 Å². The fourth-order valence-electron chi connectivity index (χ4n) is 5.95. The first kappa shape index (κ1) is 33.8. The maximum absolute atomic E-state index is 5.21. The molecule has 0 aliphatic heterocycles. The smallest absolute Gasteiger partial charge is 0.0669 e. The Kier molecular flexibility index (Phi) is 12.1. The minimum Gasteiger partial charge on any atom is -0.358 e. The Hall–Kier alpha value is -1.38. The molecule has 0 N–H and O–H groups in total. The predicted octanol–water partition coefficient (Wildman–Crippen LogP) is 9.38. The first-order valence-corrected chi connectivity index (χ1v) is 13.7. The van der Waals surface area contributed by atoms with Crippen molar-refractivity contribution in [3.63, 3.8) is 0 Å². The molecule has 0 spiro atoms. The van der Waals surface area contributed by atoms with Crippen LogP contribution in [0.4, 0.5) is 0 Å². The Bertz CT molecular complexity index is 1560. The molecule has 0 fully saturated rings. The number of aryl methyl sites for hydroxylation is 3. The summed E-state index contributed by atoms with van der Waals surface area (Å²) in [4.78, 5) is 5.21. The fraction of sp³-hybridized carbons (Fsp3) is 0.371. The fourth-order valence-corrected chi connectivity index (χ4v) is 5.95. The zero-order valence-corrected chi connectivity index (χ0v) is 30.1. The van der Waals surface area contributed by atoms with Gasteiger partial charge in [-0.15, -0.1) is 29.7 Å². The third-order valence-corrected chi connectivity index (χ3v) is 7.47. The van der Waals surface area contributed by atoms with Crippen LogP contribution in [0.3, 0.4) is 0 Å². The van der Waals surface area contributed by atoms with E-state index in [1.807, 2.05) is 6.07 Å². The van der Waals surface area contributed by atoms with E-state index in [0.717, 1.165) is 42.4 Å². The molecule has 3 aromatic carbocycles. The second-order valence-electron chi connectivity index (χ2n) is 11.2. The van der Waals surface area contributed by atoms with Crippen LogP contribution < -0.4 is 0 Å². The van der Waals surface area contributed by atoms with Crippen LogP contribution in [0.25, 0.3) is 38.6 Å².